The Kier molecular flexibility index (Phi) is 1.98. The molecule has 1 rings (SSSR count). The van der Waals surface area contributed by atoms with Gasteiger partial charge in [-0.1, -0.05) is 0 Å². The fraction of sp³-hybridized carbons (Fsp3) is 1.00. The van der Waals surface area contributed by atoms with Gasteiger partial charge in [-0.3, -0.25) is 0 Å². The molecule has 0 aromatic rings. The van der Waals surface area contributed by atoms with E-state index in [0.29, 0.717) is 0 Å². The molecular formula is C2H5FeN. The third-order valence-electron chi connectivity index (χ3n) is 0.250. The quantitative estimate of drug-likeness (QED) is 0.323. The molecule has 0 aromatic carbocycles. The van der Waals surface area contributed by atoms with Crippen LogP contribution in [0.25, 0.3) is 0 Å². The van der Waals surface area contributed by atoms with Crippen molar-refractivity contribution in [3.63, 3.8) is 0 Å². The average Bonchev–Trinajstić information content (AvgIpc) is 1.46. The molecule has 0 spiro atoms. The molecule has 0 aliphatic carbocycles. The summed E-state index contributed by atoms with van der Waals surface area (Å²) < 4.78 is 0. The third kappa shape index (κ3) is 2.48. The monoisotopic (exact) mass is 99.0 g/mol. The molecule has 1 saturated heterocycles. The van der Waals surface area contributed by atoms with Crippen molar-refractivity contribution in [3.8, 4) is 0 Å². The zero-order valence-corrected chi connectivity index (χ0v) is 3.37. The van der Waals surface area contributed by atoms with Crippen LogP contribution in [-0.2, 0) is 17.1 Å². The van der Waals surface area contributed by atoms with Gasteiger partial charge in [-0.2, -0.15) is 0 Å². The maximum Gasteiger partial charge on any atom is 0.00772 e. The molecule has 2 heteroatoms. The third-order valence-corrected chi connectivity index (χ3v) is 0.250. The van der Waals surface area contributed by atoms with E-state index in [9.17, 15) is 0 Å². The maximum atomic E-state index is 3.00. The van der Waals surface area contributed by atoms with Gasteiger partial charge in [0.15, 0.2) is 0 Å². The average molecular weight is 98.9 g/mol. The molecule has 1 aliphatic rings. The van der Waals surface area contributed by atoms with Crippen LogP contribution in [0.3, 0.4) is 0 Å². The summed E-state index contributed by atoms with van der Waals surface area (Å²) in [5.74, 6) is 0. The molecule has 0 amide bonds. The number of nitrogens with one attached hydrogen (secondary N) is 1. The Morgan fingerprint density at radius 2 is 1.50 bits per heavy atom. The van der Waals surface area contributed by atoms with Crippen LogP contribution >= 0.6 is 0 Å². The van der Waals surface area contributed by atoms with E-state index in [4.69, 9.17) is 0 Å². The van der Waals surface area contributed by atoms with Gasteiger partial charge in [-0.25, -0.2) is 0 Å². The summed E-state index contributed by atoms with van der Waals surface area (Å²) >= 11 is 0. The van der Waals surface area contributed by atoms with Crippen LogP contribution in [-0.4, -0.2) is 13.1 Å². The summed E-state index contributed by atoms with van der Waals surface area (Å²) in [6.45, 7) is 2.50. The molecule has 1 aliphatic heterocycles. The van der Waals surface area contributed by atoms with Crippen LogP contribution in [0.4, 0.5) is 0 Å². The van der Waals surface area contributed by atoms with E-state index in [1.165, 1.54) is 13.1 Å². The van der Waals surface area contributed by atoms with E-state index in [1.54, 1.807) is 0 Å². The zero-order chi connectivity index (χ0) is 2.12. The molecule has 0 bridgehead atoms. The van der Waals surface area contributed by atoms with Crippen molar-refractivity contribution in [2.75, 3.05) is 13.1 Å². The summed E-state index contributed by atoms with van der Waals surface area (Å²) in [5, 5.41) is 3.00. The Labute approximate surface area is 36.2 Å². The van der Waals surface area contributed by atoms with E-state index in [1.807, 2.05) is 0 Å². The van der Waals surface area contributed by atoms with Crippen molar-refractivity contribution in [2.24, 2.45) is 0 Å². The Hall–Kier alpha value is 0.479. The second-order valence-corrected chi connectivity index (χ2v) is 0.750. The Morgan fingerprint density at radius 1 is 1.25 bits per heavy atom. The molecule has 1 nitrogen and oxygen atoms in total. The van der Waals surface area contributed by atoms with E-state index in [2.05, 4.69) is 5.32 Å². The number of hydrogen-bond donors (Lipinski definition) is 1. The largest absolute Gasteiger partial charge is 0.314 e. The Morgan fingerprint density at radius 3 is 1.50 bits per heavy atom. The van der Waals surface area contributed by atoms with Crippen molar-refractivity contribution in [3.05, 3.63) is 0 Å². The van der Waals surface area contributed by atoms with Gasteiger partial charge < -0.3 is 5.32 Å². The minimum Gasteiger partial charge on any atom is -0.314 e. The van der Waals surface area contributed by atoms with Gasteiger partial charge in [-0.05, 0) is 0 Å². The normalized spacial score (nSPS) is 18.0. The molecular weight excluding hydrogens is 93.9 g/mol. The maximum absolute atomic E-state index is 3.00. The minimum atomic E-state index is 0. The first-order valence-electron chi connectivity index (χ1n) is 1.21. The van der Waals surface area contributed by atoms with Crippen LogP contribution in [0.5, 0.6) is 0 Å². The first kappa shape index (κ1) is 4.48. The molecule has 0 aromatic heterocycles. The fourth-order valence-corrected chi connectivity index (χ4v) is 0. The fourth-order valence-electron chi connectivity index (χ4n) is 0. The summed E-state index contributed by atoms with van der Waals surface area (Å²) in [4.78, 5) is 0. The van der Waals surface area contributed by atoms with Crippen molar-refractivity contribution >= 4 is 0 Å². The first-order valence-corrected chi connectivity index (χ1v) is 1.21. The molecule has 26 valence electrons. The van der Waals surface area contributed by atoms with Gasteiger partial charge in [0.05, 0.1) is 0 Å². The standard InChI is InChI=1S/C2H5N.Fe/c1-2-3-1;/h3H,1-2H2;. The van der Waals surface area contributed by atoms with E-state index in [0.717, 1.165) is 0 Å². The van der Waals surface area contributed by atoms with Crippen LogP contribution in [0.1, 0.15) is 0 Å². The molecule has 0 atom stereocenters. The summed E-state index contributed by atoms with van der Waals surface area (Å²) in [5.41, 5.74) is 0. The molecule has 1 N–H and O–H groups in total. The van der Waals surface area contributed by atoms with Crippen molar-refractivity contribution in [1.29, 1.82) is 0 Å². The van der Waals surface area contributed by atoms with Crippen LogP contribution < -0.4 is 5.32 Å². The van der Waals surface area contributed by atoms with Gasteiger partial charge in [0.1, 0.15) is 0 Å². The van der Waals surface area contributed by atoms with Crippen molar-refractivity contribution in [2.45, 2.75) is 0 Å². The predicted octanol–water partition coefficient (Wildman–Crippen LogP) is -0.413. The summed E-state index contributed by atoms with van der Waals surface area (Å²) in [6, 6.07) is 0. The van der Waals surface area contributed by atoms with Gasteiger partial charge in [0.25, 0.3) is 0 Å². The molecule has 0 saturated carbocycles. The minimum absolute atomic E-state index is 0. The molecule has 0 unspecified atom stereocenters. The summed E-state index contributed by atoms with van der Waals surface area (Å²) in [6.07, 6.45) is 0. The SMILES string of the molecule is C1CN1.[Fe]. The smallest absolute Gasteiger partial charge is 0.00772 e. The number of rotatable bonds is 0. The summed E-state index contributed by atoms with van der Waals surface area (Å²) in [7, 11) is 0. The second kappa shape index (κ2) is 1.77. The van der Waals surface area contributed by atoms with Gasteiger partial charge >= 0.3 is 0 Å². The van der Waals surface area contributed by atoms with Crippen molar-refractivity contribution in [1.82, 2.24) is 5.32 Å². The second-order valence-electron chi connectivity index (χ2n) is 0.750. The Balaban J connectivity index is 0.0000000900. The Bertz CT molecular complexity index is 10.8. The topological polar surface area (TPSA) is 21.9 Å². The van der Waals surface area contributed by atoms with Gasteiger partial charge in [-0.15, -0.1) is 0 Å². The van der Waals surface area contributed by atoms with Gasteiger partial charge in [0, 0.05) is 30.2 Å². The van der Waals surface area contributed by atoms with Crippen molar-refractivity contribution < 1.29 is 17.1 Å². The van der Waals surface area contributed by atoms with E-state index in [-0.39, 0.29) is 17.1 Å². The van der Waals surface area contributed by atoms with E-state index >= 15 is 0 Å². The first-order chi connectivity index (χ1) is 1.50. The number of hydrogen-bond acceptors (Lipinski definition) is 1. The molecule has 4 heavy (non-hydrogen) atoms. The van der Waals surface area contributed by atoms with Crippen LogP contribution in [0.15, 0.2) is 0 Å². The zero-order valence-electron chi connectivity index (χ0n) is 2.27. The molecule has 1 heterocycles. The predicted molar refractivity (Wildman–Crippen MR) is 12.9 cm³/mol. The van der Waals surface area contributed by atoms with Gasteiger partial charge in [0.2, 0.25) is 0 Å². The molecule has 0 radical (unpaired) electrons. The van der Waals surface area contributed by atoms with Crippen LogP contribution in [0, 0.1) is 0 Å². The molecule has 1 fully saturated rings. The van der Waals surface area contributed by atoms with Crippen LogP contribution in [0.2, 0.25) is 0 Å². The van der Waals surface area contributed by atoms with E-state index < -0.39 is 0 Å².